The number of benzene rings is 10. The highest BCUT2D eigenvalue weighted by atomic mass is 16.3. The van der Waals surface area contributed by atoms with Gasteiger partial charge in [0.2, 0.25) is 0 Å². The Morgan fingerprint density at radius 2 is 0.984 bits per heavy atom. The molecule has 2 aromatic heterocycles. The zero-order chi connectivity index (χ0) is 40.3. The molecule has 0 aliphatic rings. The Morgan fingerprint density at radius 3 is 1.84 bits per heavy atom. The second-order valence-electron chi connectivity index (χ2n) is 15.7. The van der Waals surface area contributed by atoms with Gasteiger partial charge in [0.1, 0.15) is 11.2 Å². The van der Waals surface area contributed by atoms with Crippen molar-refractivity contribution in [3.63, 3.8) is 0 Å². The van der Waals surface area contributed by atoms with Crippen molar-refractivity contribution < 1.29 is 4.42 Å². The fourth-order valence-electron chi connectivity index (χ4n) is 9.28. The summed E-state index contributed by atoms with van der Waals surface area (Å²) in [6.45, 7) is 0. The number of hydrogen-bond donors (Lipinski definition) is 0. The first-order valence-electron chi connectivity index (χ1n) is 20.8. The Hall–Kier alpha value is -8.14. The molecule has 0 saturated carbocycles. The molecule has 0 unspecified atom stereocenters. The molecule has 0 aliphatic heterocycles. The van der Waals surface area contributed by atoms with E-state index in [1.165, 1.54) is 55.1 Å². The summed E-state index contributed by atoms with van der Waals surface area (Å²) in [5.74, 6) is 0. The molecule has 3 nitrogen and oxygen atoms in total. The van der Waals surface area contributed by atoms with Crippen molar-refractivity contribution in [3.8, 4) is 39.1 Å². The minimum absolute atomic E-state index is 0.878. The van der Waals surface area contributed by atoms with Gasteiger partial charge in [-0.15, -0.1) is 0 Å². The number of aromatic nitrogens is 1. The minimum atomic E-state index is 0.878. The predicted molar refractivity (Wildman–Crippen MR) is 257 cm³/mol. The summed E-state index contributed by atoms with van der Waals surface area (Å²) in [5.41, 5.74) is 15.7. The van der Waals surface area contributed by atoms with Crippen LogP contribution < -0.4 is 4.90 Å². The van der Waals surface area contributed by atoms with Crippen LogP contribution in [0.25, 0.3) is 93.6 Å². The summed E-state index contributed by atoms with van der Waals surface area (Å²) in [5, 5.41) is 7.01. The molecule has 286 valence electrons. The van der Waals surface area contributed by atoms with E-state index in [1.54, 1.807) is 0 Å². The number of hydrogen-bond acceptors (Lipinski definition) is 2. The molecule has 0 spiro atoms. The summed E-state index contributed by atoms with van der Waals surface area (Å²) in [6.07, 6.45) is 0. The zero-order valence-electron chi connectivity index (χ0n) is 33.2. The highest BCUT2D eigenvalue weighted by Gasteiger charge is 2.20. The van der Waals surface area contributed by atoms with Crippen LogP contribution in [0.3, 0.4) is 0 Å². The van der Waals surface area contributed by atoms with Crippen molar-refractivity contribution in [1.29, 1.82) is 0 Å². The molecule has 12 aromatic rings. The third-order valence-corrected chi connectivity index (χ3v) is 12.2. The lowest BCUT2D eigenvalue weighted by Gasteiger charge is -2.28. The van der Waals surface area contributed by atoms with Gasteiger partial charge in [-0.3, -0.25) is 0 Å². The first-order chi connectivity index (χ1) is 30.2. The van der Waals surface area contributed by atoms with E-state index in [2.05, 4.69) is 240 Å². The van der Waals surface area contributed by atoms with Crippen LogP contribution in [0.5, 0.6) is 0 Å². The van der Waals surface area contributed by atoms with Crippen LogP contribution in [0.1, 0.15) is 0 Å². The average Bonchev–Trinajstić information content (AvgIpc) is 3.88. The van der Waals surface area contributed by atoms with E-state index in [1.807, 2.05) is 0 Å². The summed E-state index contributed by atoms with van der Waals surface area (Å²) >= 11 is 0. The zero-order valence-corrected chi connectivity index (χ0v) is 33.2. The second-order valence-corrected chi connectivity index (χ2v) is 15.7. The number of nitrogens with zero attached hydrogens (tertiary/aromatic N) is 2. The molecule has 12 rings (SSSR count). The van der Waals surface area contributed by atoms with Crippen LogP contribution in [0.4, 0.5) is 17.1 Å². The van der Waals surface area contributed by atoms with Gasteiger partial charge >= 0.3 is 0 Å². The number of anilines is 3. The van der Waals surface area contributed by atoms with E-state index in [9.17, 15) is 0 Å². The van der Waals surface area contributed by atoms with Crippen molar-refractivity contribution in [3.05, 3.63) is 231 Å². The molecular formula is C58H38N2O. The summed E-state index contributed by atoms with van der Waals surface area (Å²) in [7, 11) is 0. The Labute approximate surface area is 353 Å². The quantitative estimate of drug-likeness (QED) is 0.161. The first-order valence-corrected chi connectivity index (χ1v) is 20.8. The highest BCUT2D eigenvalue weighted by Crippen LogP contribution is 2.44. The van der Waals surface area contributed by atoms with Gasteiger partial charge in [0.05, 0.1) is 16.7 Å². The number of fused-ring (bicyclic) bond motifs is 8. The van der Waals surface area contributed by atoms with E-state index >= 15 is 0 Å². The van der Waals surface area contributed by atoms with Gasteiger partial charge in [0.15, 0.2) is 0 Å². The molecule has 0 fully saturated rings. The Bertz CT molecular complexity index is 3580. The number of para-hydroxylation sites is 3. The molecular weight excluding hydrogens is 741 g/mol. The van der Waals surface area contributed by atoms with E-state index in [0.29, 0.717) is 0 Å². The van der Waals surface area contributed by atoms with E-state index < -0.39 is 0 Å². The van der Waals surface area contributed by atoms with Crippen LogP contribution in [0.2, 0.25) is 0 Å². The first kappa shape index (κ1) is 34.9. The standard InChI is InChI=1S/C58H38N2O/c1-3-14-40(15-4-1)48-21-9-11-24-54(48)59(47-32-35-57-53(38-47)51-33-28-41-16-7-8-22-49(41)58(51)61-57)46-30-26-39(27-31-46)42-17-13-18-43(36-42)44-29-34-56-52(37-44)50-23-10-12-25-55(50)60(56)45-19-5-2-6-20-45/h1-38H. The lowest BCUT2D eigenvalue weighted by molar-refractivity contribution is 0.672. The molecule has 10 aromatic carbocycles. The van der Waals surface area contributed by atoms with Crippen LogP contribution in [-0.4, -0.2) is 4.57 Å². The van der Waals surface area contributed by atoms with Crippen LogP contribution in [0.15, 0.2) is 235 Å². The molecule has 0 N–H and O–H groups in total. The molecule has 0 aliphatic carbocycles. The number of rotatable bonds is 7. The monoisotopic (exact) mass is 778 g/mol. The largest absolute Gasteiger partial charge is 0.455 e. The third-order valence-electron chi connectivity index (χ3n) is 12.2. The lowest BCUT2D eigenvalue weighted by atomic mass is 9.97. The van der Waals surface area contributed by atoms with Crippen molar-refractivity contribution >= 4 is 71.6 Å². The maximum absolute atomic E-state index is 6.55. The molecule has 0 radical (unpaired) electrons. The van der Waals surface area contributed by atoms with Crippen molar-refractivity contribution in [1.82, 2.24) is 4.57 Å². The van der Waals surface area contributed by atoms with Crippen molar-refractivity contribution in [2.24, 2.45) is 0 Å². The Morgan fingerprint density at radius 1 is 0.344 bits per heavy atom. The van der Waals surface area contributed by atoms with Gasteiger partial charge in [-0.25, -0.2) is 0 Å². The van der Waals surface area contributed by atoms with Crippen LogP contribution in [-0.2, 0) is 0 Å². The van der Waals surface area contributed by atoms with E-state index in [0.717, 1.165) is 55.5 Å². The van der Waals surface area contributed by atoms with Crippen LogP contribution >= 0.6 is 0 Å². The minimum Gasteiger partial charge on any atom is -0.455 e. The maximum atomic E-state index is 6.55. The van der Waals surface area contributed by atoms with Gasteiger partial charge < -0.3 is 13.9 Å². The fraction of sp³-hybridized carbons (Fsp3) is 0. The van der Waals surface area contributed by atoms with Gasteiger partial charge in [0.25, 0.3) is 0 Å². The second kappa shape index (κ2) is 14.3. The van der Waals surface area contributed by atoms with Crippen LogP contribution in [0, 0.1) is 0 Å². The van der Waals surface area contributed by atoms with Gasteiger partial charge in [-0.2, -0.15) is 0 Å². The molecule has 0 atom stereocenters. The lowest BCUT2D eigenvalue weighted by Crippen LogP contribution is -2.11. The molecule has 0 amide bonds. The molecule has 61 heavy (non-hydrogen) atoms. The topological polar surface area (TPSA) is 21.3 Å². The average molecular weight is 779 g/mol. The van der Waals surface area contributed by atoms with E-state index in [-0.39, 0.29) is 0 Å². The highest BCUT2D eigenvalue weighted by molar-refractivity contribution is 6.16. The molecule has 0 saturated heterocycles. The normalized spacial score (nSPS) is 11.6. The smallest absolute Gasteiger partial charge is 0.143 e. The third kappa shape index (κ3) is 5.90. The Kier molecular flexibility index (Phi) is 8.17. The molecule has 0 bridgehead atoms. The number of furan rings is 1. The maximum Gasteiger partial charge on any atom is 0.143 e. The molecule has 2 heterocycles. The fourth-order valence-corrected chi connectivity index (χ4v) is 9.28. The summed E-state index contributed by atoms with van der Waals surface area (Å²) in [4.78, 5) is 2.38. The Balaban J connectivity index is 0.954. The van der Waals surface area contributed by atoms with Crippen molar-refractivity contribution in [2.75, 3.05) is 4.90 Å². The molecule has 3 heteroatoms. The predicted octanol–water partition coefficient (Wildman–Crippen LogP) is 16.3. The summed E-state index contributed by atoms with van der Waals surface area (Å²) in [6, 6.07) is 82.9. The van der Waals surface area contributed by atoms with Crippen molar-refractivity contribution in [2.45, 2.75) is 0 Å². The van der Waals surface area contributed by atoms with E-state index in [4.69, 9.17) is 4.42 Å². The van der Waals surface area contributed by atoms with Gasteiger partial charge in [-0.1, -0.05) is 152 Å². The van der Waals surface area contributed by atoms with Gasteiger partial charge in [-0.05, 0) is 112 Å². The van der Waals surface area contributed by atoms with Gasteiger partial charge in [0, 0.05) is 49.6 Å². The summed E-state index contributed by atoms with van der Waals surface area (Å²) < 4.78 is 8.92. The SMILES string of the molecule is c1ccc(-c2ccccc2N(c2ccc(-c3cccc(-c4ccc5c(c4)c4ccccc4n5-c4ccccc4)c3)cc2)c2ccc3oc4c5ccccc5ccc4c3c2)cc1.